The first kappa shape index (κ1) is 10.8. The maximum absolute atomic E-state index is 11.9. The predicted octanol–water partition coefficient (Wildman–Crippen LogP) is 0.676. The van der Waals surface area contributed by atoms with Crippen LogP contribution in [0.15, 0.2) is 10.9 Å². The number of hydrogen-bond donors (Lipinski definition) is 1. The van der Waals surface area contributed by atoms with Crippen LogP contribution >= 0.6 is 11.8 Å². The van der Waals surface area contributed by atoms with Gasteiger partial charge in [0.1, 0.15) is 0 Å². The van der Waals surface area contributed by atoms with Gasteiger partial charge in [-0.2, -0.15) is 11.8 Å². The van der Waals surface area contributed by atoms with Gasteiger partial charge in [0.15, 0.2) is 0 Å². The number of rotatable bonds is 1. The van der Waals surface area contributed by atoms with E-state index in [0.717, 1.165) is 29.9 Å². The van der Waals surface area contributed by atoms with E-state index in [-0.39, 0.29) is 5.56 Å². The largest absolute Gasteiger partial charge is 0.326 e. The van der Waals surface area contributed by atoms with Gasteiger partial charge in [-0.05, 0) is 36.0 Å². The van der Waals surface area contributed by atoms with E-state index >= 15 is 0 Å². The van der Waals surface area contributed by atoms with E-state index in [2.05, 4.69) is 0 Å². The Morgan fingerprint density at radius 1 is 1.47 bits per heavy atom. The van der Waals surface area contributed by atoms with Gasteiger partial charge >= 0.3 is 0 Å². The molecular formula is C11H16N2OS. The van der Waals surface area contributed by atoms with Gasteiger partial charge < -0.3 is 10.3 Å². The van der Waals surface area contributed by atoms with E-state index in [1.165, 1.54) is 11.3 Å². The Morgan fingerprint density at radius 3 is 2.93 bits per heavy atom. The zero-order valence-corrected chi connectivity index (χ0v) is 9.77. The molecular weight excluding hydrogens is 208 g/mol. The van der Waals surface area contributed by atoms with Crippen molar-refractivity contribution in [3.63, 3.8) is 0 Å². The van der Waals surface area contributed by atoms with Crippen molar-refractivity contribution in [1.82, 2.24) is 4.57 Å². The summed E-state index contributed by atoms with van der Waals surface area (Å²) in [5, 5.41) is 0. The number of pyridine rings is 1. The molecule has 0 atom stereocenters. The lowest BCUT2D eigenvalue weighted by Gasteiger charge is -2.12. The second-order valence-corrected chi connectivity index (χ2v) is 5.05. The van der Waals surface area contributed by atoms with Crippen molar-refractivity contribution in [2.24, 2.45) is 12.8 Å². The van der Waals surface area contributed by atoms with Crippen molar-refractivity contribution in [2.75, 3.05) is 11.5 Å². The summed E-state index contributed by atoms with van der Waals surface area (Å²) < 4.78 is 1.78. The molecule has 1 aromatic heterocycles. The molecule has 3 nitrogen and oxygen atoms in total. The van der Waals surface area contributed by atoms with Crippen molar-refractivity contribution < 1.29 is 0 Å². The predicted molar refractivity (Wildman–Crippen MR) is 64.3 cm³/mol. The summed E-state index contributed by atoms with van der Waals surface area (Å²) in [6.07, 6.45) is 2.05. The highest BCUT2D eigenvalue weighted by molar-refractivity contribution is 7.99. The topological polar surface area (TPSA) is 48.0 Å². The molecule has 1 aromatic rings. The molecule has 0 saturated heterocycles. The van der Waals surface area contributed by atoms with E-state index in [4.69, 9.17) is 5.73 Å². The molecule has 1 aliphatic heterocycles. The standard InChI is InChI=1S/C11H16N2OS/c1-13-10-3-5-15-4-2-8(10)6-9(7-12)11(13)14/h6H,2-5,7,12H2,1H3. The second kappa shape index (κ2) is 4.41. The first-order valence-corrected chi connectivity index (χ1v) is 6.38. The molecule has 2 heterocycles. The van der Waals surface area contributed by atoms with Crippen LogP contribution < -0.4 is 11.3 Å². The first-order valence-electron chi connectivity index (χ1n) is 5.22. The molecule has 2 rings (SSSR count). The fourth-order valence-electron chi connectivity index (χ4n) is 2.05. The molecule has 0 spiro atoms. The third-order valence-corrected chi connectivity index (χ3v) is 3.91. The van der Waals surface area contributed by atoms with Gasteiger partial charge in [0, 0.05) is 24.8 Å². The van der Waals surface area contributed by atoms with Gasteiger partial charge in [0.25, 0.3) is 5.56 Å². The van der Waals surface area contributed by atoms with Gasteiger partial charge in [-0.3, -0.25) is 4.79 Å². The van der Waals surface area contributed by atoms with E-state index in [9.17, 15) is 4.79 Å². The number of fused-ring (bicyclic) bond motifs is 1. The zero-order valence-electron chi connectivity index (χ0n) is 8.95. The summed E-state index contributed by atoms with van der Waals surface area (Å²) in [5.74, 6) is 2.26. The molecule has 0 fully saturated rings. The van der Waals surface area contributed by atoms with Crippen LogP contribution in [0.5, 0.6) is 0 Å². The summed E-state index contributed by atoms with van der Waals surface area (Å²) in [5.41, 5.74) is 8.89. The summed E-state index contributed by atoms with van der Waals surface area (Å²) in [6, 6.07) is 2.00. The maximum Gasteiger partial charge on any atom is 0.254 e. The Labute approximate surface area is 93.7 Å². The average molecular weight is 224 g/mol. The van der Waals surface area contributed by atoms with Crippen LogP contribution in [0.4, 0.5) is 0 Å². The fourth-order valence-corrected chi connectivity index (χ4v) is 2.96. The minimum absolute atomic E-state index is 0.0724. The van der Waals surface area contributed by atoms with Crippen molar-refractivity contribution in [3.05, 3.63) is 33.2 Å². The van der Waals surface area contributed by atoms with Gasteiger partial charge in [-0.1, -0.05) is 0 Å². The minimum Gasteiger partial charge on any atom is -0.326 e. The Hall–Kier alpha value is -0.740. The summed E-state index contributed by atoms with van der Waals surface area (Å²) in [6.45, 7) is 0.340. The van der Waals surface area contributed by atoms with Gasteiger partial charge in [0.2, 0.25) is 0 Å². The minimum atomic E-state index is 0.0724. The van der Waals surface area contributed by atoms with Crippen LogP contribution in [0.3, 0.4) is 0 Å². The monoisotopic (exact) mass is 224 g/mol. The zero-order chi connectivity index (χ0) is 10.8. The number of hydrogen-bond acceptors (Lipinski definition) is 3. The molecule has 0 aromatic carbocycles. The highest BCUT2D eigenvalue weighted by Crippen LogP contribution is 2.19. The van der Waals surface area contributed by atoms with Crippen LogP contribution in [0.2, 0.25) is 0 Å². The molecule has 0 radical (unpaired) electrons. The first-order chi connectivity index (χ1) is 7.24. The molecule has 15 heavy (non-hydrogen) atoms. The van der Waals surface area contributed by atoms with E-state index in [0.29, 0.717) is 6.54 Å². The van der Waals surface area contributed by atoms with Crippen molar-refractivity contribution in [3.8, 4) is 0 Å². The van der Waals surface area contributed by atoms with E-state index in [1.54, 1.807) is 4.57 Å². The number of thioether (sulfide) groups is 1. The van der Waals surface area contributed by atoms with Crippen LogP contribution in [-0.2, 0) is 26.4 Å². The Kier molecular flexibility index (Phi) is 3.17. The van der Waals surface area contributed by atoms with E-state index in [1.807, 2.05) is 24.9 Å². The smallest absolute Gasteiger partial charge is 0.254 e. The lowest BCUT2D eigenvalue weighted by molar-refractivity contribution is 0.752. The quantitative estimate of drug-likeness (QED) is 0.763. The third kappa shape index (κ3) is 1.96. The summed E-state index contributed by atoms with van der Waals surface area (Å²) >= 11 is 1.95. The molecule has 82 valence electrons. The molecule has 0 bridgehead atoms. The molecule has 4 heteroatoms. The molecule has 0 unspecified atom stereocenters. The lowest BCUT2D eigenvalue weighted by Crippen LogP contribution is -2.27. The van der Waals surface area contributed by atoms with Crippen LogP contribution in [-0.4, -0.2) is 16.1 Å². The van der Waals surface area contributed by atoms with Crippen LogP contribution in [0, 0.1) is 0 Å². The second-order valence-electron chi connectivity index (χ2n) is 3.82. The maximum atomic E-state index is 11.9. The van der Waals surface area contributed by atoms with Crippen LogP contribution in [0.1, 0.15) is 16.8 Å². The van der Waals surface area contributed by atoms with Crippen LogP contribution in [0.25, 0.3) is 0 Å². The summed E-state index contributed by atoms with van der Waals surface area (Å²) in [7, 11) is 1.86. The average Bonchev–Trinajstić information content (AvgIpc) is 2.48. The molecule has 0 amide bonds. The Bertz CT molecular complexity index is 425. The molecule has 2 N–H and O–H groups in total. The molecule has 0 saturated carbocycles. The molecule has 1 aliphatic rings. The third-order valence-electron chi connectivity index (χ3n) is 2.92. The molecule has 0 aliphatic carbocycles. The Balaban J connectivity index is 2.58. The number of aryl methyl sites for hydroxylation is 1. The number of nitrogens with two attached hydrogens (primary N) is 1. The normalized spacial score (nSPS) is 15.9. The van der Waals surface area contributed by atoms with Gasteiger partial charge in [-0.15, -0.1) is 0 Å². The van der Waals surface area contributed by atoms with Crippen molar-refractivity contribution in [1.29, 1.82) is 0 Å². The van der Waals surface area contributed by atoms with Crippen molar-refractivity contribution >= 4 is 11.8 Å². The van der Waals surface area contributed by atoms with Gasteiger partial charge in [-0.25, -0.2) is 0 Å². The van der Waals surface area contributed by atoms with E-state index < -0.39 is 0 Å². The Morgan fingerprint density at radius 2 is 2.20 bits per heavy atom. The summed E-state index contributed by atoms with van der Waals surface area (Å²) in [4.78, 5) is 11.9. The number of aromatic nitrogens is 1. The van der Waals surface area contributed by atoms with Crippen molar-refractivity contribution in [2.45, 2.75) is 19.4 Å². The lowest BCUT2D eigenvalue weighted by atomic mass is 10.1. The highest BCUT2D eigenvalue weighted by atomic mass is 32.2. The van der Waals surface area contributed by atoms with Gasteiger partial charge in [0.05, 0.1) is 0 Å². The highest BCUT2D eigenvalue weighted by Gasteiger charge is 2.13. The SMILES string of the molecule is Cn1c2c(cc(CN)c1=O)CCSCC2. The fraction of sp³-hybridized carbons (Fsp3) is 0.545. The number of nitrogens with zero attached hydrogens (tertiary/aromatic N) is 1.